The SMILES string of the molecule is COc1ccccc1-c1ccccc1NC(=O)C1CC1. The predicted octanol–water partition coefficient (Wildman–Crippen LogP) is 3.71. The first-order valence-electron chi connectivity index (χ1n) is 6.83. The summed E-state index contributed by atoms with van der Waals surface area (Å²) in [6, 6.07) is 15.7. The highest BCUT2D eigenvalue weighted by Gasteiger charge is 2.30. The molecule has 20 heavy (non-hydrogen) atoms. The molecule has 0 atom stereocenters. The first-order valence-corrected chi connectivity index (χ1v) is 6.83. The van der Waals surface area contributed by atoms with Crippen LogP contribution in [0.15, 0.2) is 48.5 Å². The van der Waals surface area contributed by atoms with Gasteiger partial charge in [-0.15, -0.1) is 0 Å². The van der Waals surface area contributed by atoms with E-state index < -0.39 is 0 Å². The number of anilines is 1. The van der Waals surface area contributed by atoms with Crippen LogP contribution in [0, 0.1) is 5.92 Å². The number of para-hydroxylation sites is 2. The number of hydrogen-bond donors (Lipinski definition) is 1. The molecule has 1 aliphatic carbocycles. The fourth-order valence-corrected chi connectivity index (χ4v) is 2.27. The van der Waals surface area contributed by atoms with Crippen LogP contribution in [-0.2, 0) is 4.79 Å². The van der Waals surface area contributed by atoms with Gasteiger partial charge in [-0.25, -0.2) is 0 Å². The highest BCUT2D eigenvalue weighted by atomic mass is 16.5. The molecule has 0 saturated heterocycles. The van der Waals surface area contributed by atoms with E-state index in [0.717, 1.165) is 35.4 Å². The van der Waals surface area contributed by atoms with Gasteiger partial charge < -0.3 is 10.1 Å². The number of carbonyl (C=O) groups is 1. The third kappa shape index (κ3) is 2.52. The van der Waals surface area contributed by atoms with Gasteiger partial charge in [0.1, 0.15) is 5.75 Å². The molecule has 3 rings (SSSR count). The summed E-state index contributed by atoms with van der Waals surface area (Å²) in [6.07, 6.45) is 2.01. The maximum Gasteiger partial charge on any atom is 0.227 e. The maximum absolute atomic E-state index is 12.0. The molecule has 0 bridgehead atoms. The maximum atomic E-state index is 12.0. The van der Waals surface area contributed by atoms with Gasteiger partial charge in [0, 0.05) is 22.7 Å². The highest BCUT2D eigenvalue weighted by molar-refractivity contribution is 5.98. The van der Waals surface area contributed by atoms with Crippen molar-refractivity contribution in [1.82, 2.24) is 0 Å². The summed E-state index contributed by atoms with van der Waals surface area (Å²) in [5.41, 5.74) is 2.81. The topological polar surface area (TPSA) is 38.3 Å². The molecule has 1 fully saturated rings. The zero-order valence-corrected chi connectivity index (χ0v) is 11.4. The predicted molar refractivity (Wildman–Crippen MR) is 79.8 cm³/mol. The summed E-state index contributed by atoms with van der Waals surface area (Å²) in [5.74, 6) is 1.12. The summed E-state index contributed by atoms with van der Waals surface area (Å²) < 4.78 is 5.41. The van der Waals surface area contributed by atoms with E-state index >= 15 is 0 Å². The second-order valence-electron chi connectivity index (χ2n) is 5.01. The lowest BCUT2D eigenvalue weighted by Crippen LogP contribution is -2.13. The number of benzene rings is 2. The highest BCUT2D eigenvalue weighted by Crippen LogP contribution is 2.36. The Morgan fingerprint density at radius 2 is 1.70 bits per heavy atom. The molecule has 0 unspecified atom stereocenters. The Labute approximate surface area is 118 Å². The van der Waals surface area contributed by atoms with Crippen molar-refractivity contribution < 1.29 is 9.53 Å². The van der Waals surface area contributed by atoms with Crippen molar-refractivity contribution in [2.45, 2.75) is 12.8 Å². The Bertz CT molecular complexity index is 632. The van der Waals surface area contributed by atoms with Crippen LogP contribution in [0.25, 0.3) is 11.1 Å². The monoisotopic (exact) mass is 267 g/mol. The van der Waals surface area contributed by atoms with E-state index in [0.29, 0.717) is 0 Å². The molecule has 1 aliphatic rings. The summed E-state index contributed by atoms with van der Waals surface area (Å²) >= 11 is 0. The van der Waals surface area contributed by atoms with Gasteiger partial charge in [0.2, 0.25) is 5.91 Å². The molecule has 0 aliphatic heterocycles. The van der Waals surface area contributed by atoms with Crippen molar-refractivity contribution in [1.29, 1.82) is 0 Å². The number of methoxy groups -OCH3 is 1. The lowest BCUT2D eigenvalue weighted by molar-refractivity contribution is -0.117. The van der Waals surface area contributed by atoms with Crippen LogP contribution < -0.4 is 10.1 Å². The fraction of sp³-hybridized carbons (Fsp3) is 0.235. The zero-order valence-electron chi connectivity index (χ0n) is 11.4. The van der Waals surface area contributed by atoms with Gasteiger partial charge in [0.15, 0.2) is 0 Å². The second kappa shape index (κ2) is 5.37. The zero-order chi connectivity index (χ0) is 13.9. The van der Waals surface area contributed by atoms with Crippen molar-refractivity contribution in [3.05, 3.63) is 48.5 Å². The van der Waals surface area contributed by atoms with Crippen LogP contribution in [0.4, 0.5) is 5.69 Å². The average molecular weight is 267 g/mol. The van der Waals surface area contributed by atoms with E-state index in [1.807, 2.05) is 48.5 Å². The van der Waals surface area contributed by atoms with Gasteiger partial charge in [-0.05, 0) is 25.0 Å². The van der Waals surface area contributed by atoms with Gasteiger partial charge in [-0.3, -0.25) is 4.79 Å². The summed E-state index contributed by atoms with van der Waals surface area (Å²) in [6.45, 7) is 0. The molecule has 0 heterocycles. The van der Waals surface area contributed by atoms with E-state index in [-0.39, 0.29) is 11.8 Å². The fourth-order valence-electron chi connectivity index (χ4n) is 2.27. The summed E-state index contributed by atoms with van der Waals surface area (Å²) in [5, 5.41) is 3.03. The Kier molecular flexibility index (Phi) is 3.42. The Morgan fingerprint density at radius 1 is 1.05 bits per heavy atom. The van der Waals surface area contributed by atoms with Crippen molar-refractivity contribution in [3.63, 3.8) is 0 Å². The van der Waals surface area contributed by atoms with Crippen LogP contribution in [0.5, 0.6) is 5.75 Å². The third-order valence-corrected chi connectivity index (χ3v) is 3.53. The minimum Gasteiger partial charge on any atom is -0.496 e. The van der Waals surface area contributed by atoms with Crippen LogP contribution >= 0.6 is 0 Å². The normalized spacial score (nSPS) is 13.8. The summed E-state index contributed by atoms with van der Waals surface area (Å²) in [7, 11) is 1.66. The van der Waals surface area contributed by atoms with E-state index in [1.54, 1.807) is 7.11 Å². The van der Waals surface area contributed by atoms with Gasteiger partial charge >= 0.3 is 0 Å². The van der Waals surface area contributed by atoms with Gasteiger partial charge in [-0.2, -0.15) is 0 Å². The number of nitrogens with one attached hydrogen (secondary N) is 1. The number of hydrogen-bond acceptors (Lipinski definition) is 2. The lowest BCUT2D eigenvalue weighted by Gasteiger charge is -2.13. The van der Waals surface area contributed by atoms with Crippen molar-refractivity contribution in [2.24, 2.45) is 5.92 Å². The van der Waals surface area contributed by atoms with Crippen LogP contribution in [-0.4, -0.2) is 13.0 Å². The Morgan fingerprint density at radius 3 is 2.40 bits per heavy atom. The van der Waals surface area contributed by atoms with Crippen molar-refractivity contribution in [2.75, 3.05) is 12.4 Å². The summed E-state index contributed by atoms with van der Waals surface area (Å²) in [4.78, 5) is 12.0. The first-order chi connectivity index (χ1) is 9.79. The van der Waals surface area contributed by atoms with E-state index in [2.05, 4.69) is 5.32 Å². The Balaban J connectivity index is 1.98. The molecule has 1 saturated carbocycles. The average Bonchev–Trinajstić information content (AvgIpc) is 3.32. The van der Waals surface area contributed by atoms with Gasteiger partial charge in [0.25, 0.3) is 0 Å². The lowest BCUT2D eigenvalue weighted by atomic mass is 10.0. The molecule has 3 nitrogen and oxygen atoms in total. The third-order valence-electron chi connectivity index (χ3n) is 3.53. The molecular weight excluding hydrogens is 250 g/mol. The second-order valence-corrected chi connectivity index (χ2v) is 5.01. The smallest absolute Gasteiger partial charge is 0.227 e. The number of carbonyl (C=O) groups excluding carboxylic acids is 1. The van der Waals surface area contributed by atoms with E-state index in [4.69, 9.17) is 4.74 Å². The number of rotatable bonds is 4. The van der Waals surface area contributed by atoms with Crippen LogP contribution in [0.3, 0.4) is 0 Å². The molecule has 0 radical (unpaired) electrons. The molecule has 2 aromatic rings. The number of amides is 1. The molecule has 0 aromatic heterocycles. The molecule has 1 amide bonds. The van der Waals surface area contributed by atoms with Crippen molar-refractivity contribution >= 4 is 11.6 Å². The van der Waals surface area contributed by atoms with E-state index in [1.165, 1.54) is 0 Å². The molecule has 3 heteroatoms. The molecule has 102 valence electrons. The quantitative estimate of drug-likeness (QED) is 0.917. The van der Waals surface area contributed by atoms with Crippen LogP contribution in [0.1, 0.15) is 12.8 Å². The largest absolute Gasteiger partial charge is 0.496 e. The molecule has 1 N–H and O–H groups in total. The molecule has 0 spiro atoms. The standard InChI is InChI=1S/C17H17NO2/c1-20-16-9-5-3-7-14(16)13-6-2-4-8-15(13)18-17(19)12-10-11-12/h2-9,12H,10-11H2,1H3,(H,18,19). The first kappa shape index (κ1) is 12.7. The van der Waals surface area contributed by atoms with E-state index in [9.17, 15) is 4.79 Å². The molecule has 2 aromatic carbocycles. The van der Waals surface area contributed by atoms with Crippen molar-refractivity contribution in [3.8, 4) is 16.9 Å². The van der Waals surface area contributed by atoms with Gasteiger partial charge in [-0.1, -0.05) is 36.4 Å². The van der Waals surface area contributed by atoms with Gasteiger partial charge in [0.05, 0.1) is 7.11 Å². The minimum absolute atomic E-state index is 0.118. The number of ether oxygens (including phenoxy) is 1. The minimum atomic E-state index is 0.118. The Hall–Kier alpha value is -2.29. The van der Waals surface area contributed by atoms with Crippen LogP contribution in [0.2, 0.25) is 0 Å². The molecular formula is C17H17NO2.